The first-order valence-electron chi connectivity index (χ1n) is 6.46. The number of methoxy groups -OCH3 is 1. The predicted molar refractivity (Wildman–Crippen MR) is 73.5 cm³/mol. The van der Waals surface area contributed by atoms with Crippen LogP contribution in [0.3, 0.4) is 0 Å². The van der Waals surface area contributed by atoms with E-state index in [1.54, 1.807) is 30.2 Å². The number of Topliss-reactive ketones (excluding diaryl/α,β-unsaturated/α-hetero) is 1. The van der Waals surface area contributed by atoms with Crippen molar-refractivity contribution in [2.24, 2.45) is 0 Å². The molecular weight excluding hydrogens is 260 g/mol. The normalized spacial score (nSPS) is 14.1. The Kier molecular flexibility index (Phi) is 4.45. The van der Waals surface area contributed by atoms with Crippen LogP contribution in [0.4, 0.5) is 4.79 Å². The Morgan fingerprint density at radius 3 is 2.85 bits per heavy atom. The van der Waals surface area contributed by atoms with E-state index in [4.69, 9.17) is 9.47 Å². The first-order chi connectivity index (χ1) is 9.61. The second-order valence-electron chi connectivity index (χ2n) is 4.49. The van der Waals surface area contributed by atoms with E-state index in [9.17, 15) is 9.59 Å². The molecule has 2 amide bonds. The zero-order valence-corrected chi connectivity index (χ0v) is 11.6. The molecule has 0 radical (unpaired) electrons. The van der Waals surface area contributed by atoms with E-state index in [0.29, 0.717) is 43.3 Å². The summed E-state index contributed by atoms with van der Waals surface area (Å²) in [5.74, 6) is 1.04. The van der Waals surface area contributed by atoms with E-state index in [0.717, 1.165) is 0 Å². The number of nitrogens with one attached hydrogen (secondary N) is 1. The van der Waals surface area contributed by atoms with Gasteiger partial charge < -0.3 is 19.7 Å². The molecule has 1 heterocycles. The summed E-state index contributed by atoms with van der Waals surface area (Å²) in [6.45, 7) is 3.65. The molecule has 0 aliphatic carbocycles. The van der Waals surface area contributed by atoms with E-state index < -0.39 is 0 Å². The number of nitrogens with zero attached hydrogens (tertiary/aromatic N) is 1. The first kappa shape index (κ1) is 14.2. The number of carbonyl (C=O) groups excluding carboxylic acids is 2. The highest BCUT2D eigenvalue weighted by Gasteiger charge is 2.19. The molecular formula is C14H18N2O4. The van der Waals surface area contributed by atoms with Crippen molar-refractivity contribution in [2.45, 2.75) is 6.92 Å². The average Bonchev–Trinajstić information content (AvgIpc) is 2.84. The molecule has 0 bridgehead atoms. The molecule has 0 atom stereocenters. The second-order valence-corrected chi connectivity index (χ2v) is 4.49. The van der Waals surface area contributed by atoms with Gasteiger partial charge in [-0.25, -0.2) is 4.79 Å². The Morgan fingerprint density at radius 2 is 2.25 bits per heavy atom. The molecule has 1 aliphatic rings. The van der Waals surface area contributed by atoms with Crippen LogP contribution >= 0.6 is 0 Å². The van der Waals surface area contributed by atoms with Gasteiger partial charge in [-0.2, -0.15) is 0 Å². The molecule has 1 saturated heterocycles. The second kappa shape index (κ2) is 6.27. The Hall–Kier alpha value is -2.24. The van der Waals surface area contributed by atoms with Crippen molar-refractivity contribution >= 4 is 11.8 Å². The fourth-order valence-corrected chi connectivity index (χ4v) is 2.03. The van der Waals surface area contributed by atoms with Gasteiger partial charge >= 0.3 is 6.03 Å². The van der Waals surface area contributed by atoms with Crippen molar-refractivity contribution in [1.82, 2.24) is 10.2 Å². The Labute approximate surface area is 117 Å². The maximum Gasteiger partial charge on any atom is 0.317 e. The third-order valence-corrected chi connectivity index (χ3v) is 3.13. The van der Waals surface area contributed by atoms with Gasteiger partial charge in [-0.05, 0) is 19.1 Å². The third kappa shape index (κ3) is 3.20. The van der Waals surface area contributed by atoms with Crippen LogP contribution in [0.2, 0.25) is 0 Å². The van der Waals surface area contributed by atoms with Crippen molar-refractivity contribution in [2.75, 3.05) is 33.4 Å². The third-order valence-electron chi connectivity index (χ3n) is 3.13. The lowest BCUT2D eigenvalue weighted by Gasteiger charge is -2.16. The van der Waals surface area contributed by atoms with Gasteiger partial charge in [0.25, 0.3) is 0 Å². The standard InChI is InChI=1S/C14H18N2O4/c1-10(17)12-4-3-11(19-2)9-13(12)20-8-7-16-6-5-15-14(16)18/h3-4,9H,5-8H2,1-2H3,(H,15,18). The van der Waals surface area contributed by atoms with E-state index >= 15 is 0 Å². The van der Waals surface area contributed by atoms with Gasteiger partial charge in [0.2, 0.25) is 0 Å². The molecule has 0 saturated carbocycles. The molecule has 1 fully saturated rings. The largest absolute Gasteiger partial charge is 0.497 e. The highest BCUT2D eigenvalue weighted by molar-refractivity contribution is 5.97. The number of ether oxygens (including phenoxy) is 2. The number of ketones is 1. The summed E-state index contributed by atoms with van der Waals surface area (Å²) in [4.78, 5) is 24.6. The number of urea groups is 1. The molecule has 1 N–H and O–H groups in total. The molecule has 0 aromatic heterocycles. The van der Waals surface area contributed by atoms with Crippen molar-refractivity contribution in [1.29, 1.82) is 0 Å². The van der Waals surface area contributed by atoms with Crippen molar-refractivity contribution < 1.29 is 19.1 Å². The van der Waals surface area contributed by atoms with Gasteiger partial charge in [0.05, 0.1) is 19.2 Å². The molecule has 1 aliphatic heterocycles. The van der Waals surface area contributed by atoms with Crippen LogP contribution in [0.15, 0.2) is 18.2 Å². The summed E-state index contributed by atoms with van der Waals surface area (Å²) >= 11 is 0. The van der Waals surface area contributed by atoms with Crippen LogP contribution in [-0.2, 0) is 0 Å². The van der Waals surface area contributed by atoms with Crippen LogP contribution < -0.4 is 14.8 Å². The highest BCUT2D eigenvalue weighted by atomic mass is 16.5. The lowest BCUT2D eigenvalue weighted by Crippen LogP contribution is -2.31. The quantitative estimate of drug-likeness (QED) is 0.796. The number of benzene rings is 1. The summed E-state index contributed by atoms with van der Waals surface area (Å²) < 4.78 is 10.7. The fourth-order valence-electron chi connectivity index (χ4n) is 2.03. The Bertz CT molecular complexity index is 516. The van der Waals surface area contributed by atoms with Gasteiger partial charge in [-0.3, -0.25) is 4.79 Å². The minimum Gasteiger partial charge on any atom is -0.497 e. The topological polar surface area (TPSA) is 67.9 Å². The Morgan fingerprint density at radius 1 is 1.45 bits per heavy atom. The van der Waals surface area contributed by atoms with E-state index in [1.165, 1.54) is 6.92 Å². The summed E-state index contributed by atoms with van der Waals surface area (Å²) in [5.41, 5.74) is 0.511. The fraction of sp³-hybridized carbons (Fsp3) is 0.429. The number of carbonyl (C=O) groups is 2. The van der Waals surface area contributed by atoms with Gasteiger partial charge in [0.15, 0.2) is 5.78 Å². The predicted octanol–water partition coefficient (Wildman–Crippen LogP) is 1.30. The highest BCUT2D eigenvalue weighted by Crippen LogP contribution is 2.25. The molecule has 0 unspecified atom stereocenters. The lowest BCUT2D eigenvalue weighted by molar-refractivity contribution is 0.101. The number of amides is 2. The maximum absolute atomic E-state index is 11.5. The first-order valence-corrected chi connectivity index (χ1v) is 6.46. The Balaban J connectivity index is 2.00. The summed E-state index contributed by atoms with van der Waals surface area (Å²) in [5, 5.41) is 2.72. The smallest absolute Gasteiger partial charge is 0.317 e. The van der Waals surface area contributed by atoms with Gasteiger partial charge in [-0.15, -0.1) is 0 Å². The zero-order valence-electron chi connectivity index (χ0n) is 11.6. The van der Waals surface area contributed by atoms with Crippen molar-refractivity contribution in [3.05, 3.63) is 23.8 Å². The zero-order chi connectivity index (χ0) is 14.5. The van der Waals surface area contributed by atoms with E-state index in [2.05, 4.69) is 5.32 Å². The monoisotopic (exact) mass is 278 g/mol. The molecule has 108 valence electrons. The van der Waals surface area contributed by atoms with Crippen LogP contribution in [0.5, 0.6) is 11.5 Å². The van der Waals surface area contributed by atoms with Crippen LogP contribution in [0, 0.1) is 0 Å². The molecule has 0 spiro atoms. The number of hydrogen-bond acceptors (Lipinski definition) is 4. The minimum absolute atomic E-state index is 0.0680. The maximum atomic E-state index is 11.5. The number of hydrogen-bond donors (Lipinski definition) is 1. The minimum atomic E-state index is -0.0777. The van der Waals surface area contributed by atoms with Crippen molar-refractivity contribution in [3.8, 4) is 11.5 Å². The molecule has 2 rings (SSSR count). The average molecular weight is 278 g/mol. The van der Waals surface area contributed by atoms with Gasteiger partial charge in [0.1, 0.15) is 18.1 Å². The summed E-state index contributed by atoms with van der Waals surface area (Å²) in [6, 6.07) is 5.00. The van der Waals surface area contributed by atoms with Crippen LogP contribution in [0.1, 0.15) is 17.3 Å². The molecule has 20 heavy (non-hydrogen) atoms. The molecule has 1 aromatic rings. The van der Waals surface area contributed by atoms with Crippen LogP contribution in [0.25, 0.3) is 0 Å². The van der Waals surface area contributed by atoms with E-state index in [-0.39, 0.29) is 11.8 Å². The lowest BCUT2D eigenvalue weighted by atomic mass is 10.1. The van der Waals surface area contributed by atoms with Gasteiger partial charge in [-0.1, -0.05) is 0 Å². The molecule has 1 aromatic carbocycles. The molecule has 6 heteroatoms. The SMILES string of the molecule is COc1ccc(C(C)=O)c(OCCN2CCNC2=O)c1. The van der Waals surface area contributed by atoms with E-state index in [1.807, 2.05) is 0 Å². The number of rotatable bonds is 6. The van der Waals surface area contributed by atoms with Gasteiger partial charge in [0, 0.05) is 19.2 Å². The molecule has 6 nitrogen and oxygen atoms in total. The summed E-state index contributed by atoms with van der Waals surface area (Å²) in [7, 11) is 1.56. The summed E-state index contributed by atoms with van der Waals surface area (Å²) in [6.07, 6.45) is 0. The van der Waals surface area contributed by atoms with Crippen LogP contribution in [-0.4, -0.2) is 50.1 Å². The van der Waals surface area contributed by atoms with Crippen molar-refractivity contribution in [3.63, 3.8) is 0 Å².